The third-order valence-corrected chi connectivity index (χ3v) is 0. The van der Waals surface area contributed by atoms with Gasteiger partial charge in [-0.2, -0.15) is 14.0 Å². The fraction of sp³-hybridized carbons (Fsp3) is 0. The molecule has 0 aromatic heterocycles. The summed E-state index contributed by atoms with van der Waals surface area (Å²) in [6, 6.07) is 0. The summed E-state index contributed by atoms with van der Waals surface area (Å²) in [4.78, 5) is 0. The Hall–Kier alpha value is 1.13. The maximum Gasteiger partial charge on any atom is 1.00 e. The van der Waals surface area contributed by atoms with E-state index in [1.807, 2.05) is 0 Å². The monoisotopic (exact) mass is 123 g/mol. The van der Waals surface area contributed by atoms with E-state index in [1.54, 1.807) is 0 Å². The normalized spacial score (nSPS) is 10.0. The Kier molecular flexibility index (Phi) is 5.38. The van der Waals surface area contributed by atoms with Crippen molar-refractivity contribution >= 4 is 0 Å². The van der Waals surface area contributed by atoms with Gasteiger partial charge in [-0.25, -0.2) is 0 Å². The zero-order valence-corrected chi connectivity index (χ0v) is 5.81. The molecule has 1 N–H and O–H groups in total. The molecule has 0 amide bonds. The van der Waals surface area contributed by atoms with Crippen LogP contribution in [0.1, 0.15) is 0 Å². The molecule has 0 heterocycles. The first kappa shape index (κ1) is 10.2. The molecule has 6 heteroatoms. The van der Waals surface area contributed by atoms with Crippen molar-refractivity contribution in [2.24, 2.45) is 0 Å². The van der Waals surface area contributed by atoms with Crippen molar-refractivity contribution in [1.29, 1.82) is 0 Å². The van der Waals surface area contributed by atoms with Crippen LogP contribution in [0.25, 0.3) is 0 Å². The first-order valence-electron chi connectivity index (χ1n) is 0.632. The molecule has 0 aliphatic rings. The molecule has 4 nitrogen and oxygen atoms in total. The van der Waals surface area contributed by atoms with E-state index in [4.69, 9.17) is 18.6 Å². The molecule has 0 spiro atoms. The second-order valence-electron chi connectivity index (χ2n) is 0.396. The second kappa shape index (κ2) is 3.17. The number of rotatable bonds is 0. The topological polar surface area (TPSA) is 89.4 Å². The quantitative estimate of drug-likeness (QED) is 0.324. The molecule has 0 aliphatic heterocycles. The molecule has 0 saturated heterocycles. The van der Waals surface area contributed by atoms with E-state index in [-0.39, 0.29) is 29.6 Å². The van der Waals surface area contributed by atoms with Gasteiger partial charge in [-0.05, 0) is 0 Å². The van der Waals surface area contributed by atoms with Crippen molar-refractivity contribution in [3.63, 3.8) is 0 Å². The number of hydrogen-bond acceptors (Lipinski definition) is 4. The number of hydrogen-bond donors (Lipinski definition) is 1. The Labute approximate surface area is 58.4 Å². The van der Waals surface area contributed by atoms with E-state index in [0.29, 0.717) is 0 Å². The molecular weight excluding hydrogens is 122 g/mol. The third-order valence-electron chi connectivity index (χ3n) is 0. The fourth-order valence-electron chi connectivity index (χ4n) is 0. The first-order valence-corrected chi connectivity index (χ1v) is 1.90. The van der Waals surface area contributed by atoms with Crippen LogP contribution in [0.2, 0.25) is 0 Å². The molecule has 0 unspecified atom stereocenters. The van der Waals surface area contributed by atoms with Crippen LogP contribution in [0.4, 0.5) is 0 Å². The predicted molar refractivity (Wildman–Crippen MR) is 2.22 cm³/mol. The van der Waals surface area contributed by atoms with Crippen molar-refractivity contribution < 1.29 is 58.4 Å². The average molecular weight is 123 g/mol. The van der Waals surface area contributed by atoms with Crippen molar-refractivity contribution in [2.45, 2.75) is 0 Å². The summed E-state index contributed by atoms with van der Waals surface area (Å²) >= 11 is 0. The fourth-order valence-corrected chi connectivity index (χ4v) is 0. The zero-order valence-electron chi connectivity index (χ0n) is 3.05. The van der Waals surface area contributed by atoms with Crippen LogP contribution in [0.15, 0.2) is 0 Å². The van der Waals surface area contributed by atoms with Crippen LogP contribution in [-0.4, -0.2) is 4.66 Å². The molecule has 0 rings (SSSR count). The van der Waals surface area contributed by atoms with Gasteiger partial charge in [-0.3, -0.25) is 0 Å². The summed E-state index contributed by atoms with van der Waals surface area (Å²) in [5.41, 5.74) is 0. The third kappa shape index (κ3) is 68.5. The van der Waals surface area contributed by atoms with Crippen LogP contribution in [0.5, 0.6) is 0 Å². The van der Waals surface area contributed by atoms with E-state index in [2.05, 4.69) is 0 Å². The van der Waals surface area contributed by atoms with Crippen molar-refractivity contribution in [3.05, 3.63) is 0 Å². The maximum absolute atomic E-state index is 8.60. The summed E-state index contributed by atoms with van der Waals surface area (Å²) in [5, 5.41) is 0. The van der Waals surface area contributed by atoms with Crippen molar-refractivity contribution in [1.82, 2.24) is 0 Å². The minimum Gasteiger partial charge on any atom is -0.183 e. The Morgan fingerprint density at radius 3 is 1.17 bits per heavy atom. The summed E-state index contributed by atoms with van der Waals surface area (Å²) in [6.45, 7) is 0. The molecule has 0 fully saturated rings. The Balaban J connectivity index is 0. The molecule has 0 radical (unpaired) electrons. The molecular formula is HClNaO4+. The van der Waals surface area contributed by atoms with Crippen LogP contribution in [0.3, 0.4) is 0 Å². The van der Waals surface area contributed by atoms with Crippen LogP contribution < -0.4 is 43.5 Å². The van der Waals surface area contributed by atoms with E-state index < -0.39 is 10.2 Å². The van der Waals surface area contributed by atoms with Crippen LogP contribution in [0, 0.1) is 10.2 Å². The Bertz CT molecular complexity index is 23.0. The standard InChI is InChI=1S/ClHO4.Na/c2-1(3,4)5;/h(H,2,3,4,5);/q;+1. The van der Waals surface area contributed by atoms with E-state index >= 15 is 0 Å². The summed E-state index contributed by atoms with van der Waals surface area (Å²) in [6.07, 6.45) is 0. The van der Waals surface area contributed by atoms with Gasteiger partial charge in [0.2, 0.25) is 0 Å². The molecule has 6 heavy (non-hydrogen) atoms. The zero-order chi connectivity index (χ0) is 4.50. The molecule has 0 aromatic carbocycles. The summed E-state index contributed by atoms with van der Waals surface area (Å²) in [5.74, 6) is 0. The summed E-state index contributed by atoms with van der Waals surface area (Å²) in [7, 11) is -4.69. The maximum atomic E-state index is 8.60. The van der Waals surface area contributed by atoms with Crippen molar-refractivity contribution in [2.75, 3.05) is 0 Å². The molecule has 32 valence electrons. The van der Waals surface area contributed by atoms with Gasteiger partial charge in [0, 0.05) is 0 Å². The number of halogens is 1. The van der Waals surface area contributed by atoms with Gasteiger partial charge >= 0.3 is 29.6 Å². The molecule has 0 aromatic rings. The molecule has 0 atom stereocenters. The van der Waals surface area contributed by atoms with E-state index in [9.17, 15) is 0 Å². The average Bonchev–Trinajstić information content (AvgIpc) is 0.722. The van der Waals surface area contributed by atoms with Gasteiger partial charge in [0.05, 0.1) is 14.9 Å². The molecule has 0 bridgehead atoms. The van der Waals surface area contributed by atoms with Crippen molar-refractivity contribution in [3.8, 4) is 0 Å². The van der Waals surface area contributed by atoms with Gasteiger partial charge in [0.1, 0.15) is 0 Å². The Morgan fingerprint density at radius 1 is 1.17 bits per heavy atom. The SMILES string of the molecule is [Na+].[O-][Cl+3]([O-])([O-])O. The molecule has 0 aliphatic carbocycles. The van der Waals surface area contributed by atoms with E-state index in [1.165, 1.54) is 0 Å². The predicted octanol–water partition coefficient (Wildman–Crippen LogP) is -7.12. The largest absolute Gasteiger partial charge is 1.00 e. The van der Waals surface area contributed by atoms with Gasteiger partial charge in [0.15, 0.2) is 0 Å². The molecule has 0 saturated carbocycles. The first-order chi connectivity index (χ1) is 2.00. The summed E-state index contributed by atoms with van der Waals surface area (Å²) < 4.78 is 32.7. The van der Waals surface area contributed by atoms with Crippen LogP contribution in [-0.2, 0) is 0 Å². The van der Waals surface area contributed by atoms with E-state index in [0.717, 1.165) is 0 Å². The Morgan fingerprint density at radius 2 is 1.17 bits per heavy atom. The van der Waals surface area contributed by atoms with Gasteiger partial charge in [0.25, 0.3) is 0 Å². The van der Waals surface area contributed by atoms with Crippen LogP contribution >= 0.6 is 0 Å². The smallest absolute Gasteiger partial charge is 0.183 e. The second-order valence-corrected chi connectivity index (χ2v) is 1.19. The minimum absolute atomic E-state index is 0. The minimum atomic E-state index is -4.69. The van der Waals surface area contributed by atoms with Gasteiger partial charge in [-0.1, -0.05) is 0 Å². The van der Waals surface area contributed by atoms with Gasteiger partial charge < -0.3 is 0 Å². The van der Waals surface area contributed by atoms with Gasteiger partial charge in [-0.15, -0.1) is 0 Å².